The number of hydrogen-bond acceptors (Lipinski definition) is 3. The topological polar surface area (TPSA) is 84.2 Å². The molecule has 0 aliphatic carbocycles. The second kappa shape index (κ2) is 6.11. The first-order valence-electron chi connectivity index (χ1n) is 5.48. The van der Waals surface area contributed by atoms with Crippen molar-refractivity contribution in [3.05, 3.63) is 35.9 Å². The maximum absolute atomic E-state index is 11.5. The van der Waals surface area contributed by atoms with Gasteiger partial charge in [0.15, 0.2) is 0 Å². The van der Waals surface area contributed by atoms with Crippen LogP contribution >= 0.6 is 0 Å². The highest BCUT2D eigenvalue weighted by molar-refractivity contribution is 7.87. The van der Waals surface area contributed by atoms with E-state index in [2.05, 4.69) is 9.44 Å². The van der Waals surface area contributed by atoms with Crippen LogP contribution < -0.4 is 15.2 Å². The molecule has 0 aliphatic rings. The van der Waals surface area contributed by atoms with Crippen molar-refractivity contribution in [2.75, 3.05) is 6.54 Å². The smallest absolute Gasteiger partial charge is 0.277 e. The third-order valence-corrected chi connectivity index (χ3v) is 3.44. The maximum atomic E-state index is 11.5. The molecule has 0 radical (unpaired) electrons. The van der Waals surface area contributed by atoms with Crippen molar-refractivity contribution >= 4 is 10.2 Å². The van der Waals surface area contributed by atoms with E-state index in [9.17, 15) is 8.42 Å². The van der Waals surface area contributed by atoms with Gasteiger partial charge in [0.05, 0.1) is 0 Å². The Balaban J connectivity index is 2.51. The van der Waals surface area contributed by atoms with Gasteiger partial charge in [0.25, 0.3) is 10.2 Å². The van der Waals surface area contributed by atoms with Crippen molar-refractivity contribution in [2.45, 2.75) is 25.9 Å². The first-order chi connectivity index (χ1) is 7.91. The molecule has 0 heterocycles. The average molecular weight is 257 g/mol. The minimum absolute atomic E-state index is 0.138. The van der Waals surface area contributed by atoms with E-state index in [1.165, 1.54) is 0 Å². The third kappa shape index (κ3) is 5.27. The summed E-state index contributed by atoms with van der Waals surface area (Å²) in [5, 5.41) is 0. The molecule has 1 atom stereocenters. The summed E-state index contributed by atoms with van der Waals surface area (Å²) < 4.78 is 27.9. The zero-order valence-corrected chi connectivity index (χ0v) is 10.9. The SMILES string of the molecule is CC(C)NS(=O)(=O)NCC(N)c1ccccc1. The van der Waals surface area contributed by atoms with Crippen molar-refractivity contribution in [3.8, 4) is 0 Å². The number of nitrogens with two attached hydrogens (primary N) is 1. The minimum Gasteiger partial charge on any atom is -0.323 e. The fourth-order valence-electron chi connectivity index (χ4n) is 1.37. The summed E-state index contributed by atoms with van der Waals surface area (Å²) in [5.74, 6) is 0. The number of nitrogens with one attached hydrogen (secondary N) is 2. The Bertz CT molecular complexity index is 431. The predicted octanol–water partition coefficient (Wildman–Crippen LogP) is 0.519. The molecule has 1 unspecified atom stereocenters. The van der Waals surface area contributed by atoms with Gasteiger partial charge in [-0.05, 0) is 19.4 Å². The summed E-state index contributed by atoms with van der Waals surface area (Å²) in [6, 6.07) is 8.89. The summed E-state index contributed by atoms with van der Waals surface area (Å²) in [6.07, 6.45) is 0. The lowest BCUT2D eigenvalue weighted by molar-refractivity contribution is 0.547. The van der Waals surface area contributed by atoms with Gasteiger partial charge in [0.2, 0.25) is 0 Å². The second-order valence-electron chi connectivity index (χ2n) is 4.14. The normalized spacial score (nSPS) is 13.9. The van der Waals surface area contributed by atoms with Gasteiger partial charge in [-0.25, -0.2) is 4.72 Å². The van der Waals surface area contributed by atoms with E-state index in [1.807, 2.05) is 30.3 Å². The van der Waals surface area contributed by atoms with Crippen LogP contribution in [-0.2, 0) is 10.2 Å². The van der Waals surface area contributed by atoms with Crippen molar-refractivity contribution < 1.29 is 8.42 Å². The number of benzene rings is 1. The van der Waals surface area contributed by atoms with Crippen LogP contribution in [-0.4, -0.2) is 21.0 Å². The molecule has 6 heteroatoms. The Kier molecular flexibility index (Phi) is 5.07. The highest BCUT2D eigenvalue weighted by atomic mass is 32.2. The summed E-state index contributed by atoms with van der Waals surface area (Å²) in [6.45, 7) is 3.69. The van der Waals surface area contributed by atoms with Crippen LogP contribution in [0.3, 0.4) is 0 Å². The molecule has 1 rings (SSSR count). The largest absolute Gasteiger partial charge is 0.323 e. The molecule has 0 saturated carbocycles. The van der Waals surface area contributed by atoms with E-state index < -0.39 is 10.2 Å². The molecule has 1 aromatic rings. The van der Waals surface area contributed by atoms with Crippen LogP contribution in [0.5, 0.6) is 0 Å². The Morgan fingerprint density at radius 3 is 2.35 bits per heavy atom. The Hall–Kier alpha value is -0.950. The van der Waals surface area contributed by atoms with E-state index in [0.29, 0.717) is 0 Å². The van der Waals surface area contributed by atoms with Crippen molar-refractivity contribution in [2.24, 2.45) is 5.73 Å². The average Bonchev–Trinajstić information content (AvgIpc) is 2.25. The Labute approximate surface area is 103 Å². The molecule has 0 fully saturated rings. The van der Waals surface area contributed by atoms with Gasteiger partial charge in [0, 0.05) is 18.6 Å². The lowest BCUT2D eigenvalue weighted by atomic mass is 10.1. The highest BCUT2D eigenvalue weighted by Gasteiger charge is 2.13. The van der Waals surface area contributed by atoms with Gasteiger partial charge in [-0.3, -0.25) is 0 Å². The fraction of sp³-hybridized carbons (Fsp3) is 0.455. The molecule has 17 heavy (non-hydrogen) atoms. The molecule has 0 bridgehead atoms. The molecular formula is C11H19N3O2S. The molecule has 0 saturated heterocycles. The monoisotopic (exact) mass is 257 g/mol. The lowest BCUT2D eigenvalue weighted by Gasteiger charge is -2.15. The second-order valence-corrected chi connectivity index (χ2v) is 5.67. The van der Waals surface area contributed by atoms with Crippen LogP contribution in [0, 0.1) is 0 Å². The third-order valence-electron chi connectivity index (χ3n) is 2.11. The van der Waals surface area contributed by atoms with Gasteiger partial charge >= 0.3 is 0 Å². The number of hydrogen-bond donors (Lipinski definition) is 3. The Morgan fingerprint density at radius 1 is 1.24 bits per heavy atom. The van der Waals surface area contributed by atoms with Crippen molar-refractivity contribution in [1.82, 2.24) is 9.44 Å². The molecule has 1 aromatic carbocycles. The van der Waals surface area contributed by atoms with Crippen LogP contribution in [0.25, 0.3) is 0 Å². The first kappa shape index (κ1) is 14.1. The van der Waals surface area contributed by atoms with E-state index >= 15 is 0 Å². The summed E-state index contributed by atoms with van der Waals surface area (Å²) >= 11 is 0. The van der Waals surface area contributed by atoms with Crippen LogP contribution in [0.15, 0.2) is 30.3 Å². The Morgan fingerprint density at radius 2 is 1.82 bits per heavy atom. The lowest BCUT2D eigenvalue weighted by Crippen LogP contribution is -2.42. The van der Waals surface area contributed by atoms with Gasteiger partial charge < -0.3 is 5.73 Å². The molecule has 5 nitrogen and oxygen atoms in total. The maximum Gasteiger partial charge on any atom is 0.277 e. The molecular weight excluding hydrogens is 238 g/mol. The summed E-state index contributed by atoms with van der Waals surface area (Å²) in [5.41, 5.74) is 6.78. The minimum atomic E-state index is -3.46. The molecule has 0 aliphatic heterocycles. The van der Waals surface area contributed by atoms with Crippen molar-refractivity contribution in [3.63, 3.8) is 0 Å². The van der Waals surface area contributed by atoms with Crippen LogP contribution in [0.4, 0.5) is 0 Å². The van der Waals surface area contributed by atoms with Crippen LogP contribution in [0.2, 0.25) is 0 Å². The molecule has 96 valence electrons. The van der Waals surface area contributed by atoms with Crippen LogP contribution in [0.1, 0.15) is 25.5 Å². The zero-order valence-electron chi connectivity index (χ0n) is 10.1. The zero-order chi connectivity index (χ0) is 12.9. The van der Waals surface area contributed by atoms with E-state index in [0.717, 1.165) is 5.56 Å². The molecule has 0 aromatic heterocycles. The molecule has 4 N–H and O–H groups in total. The first-order valence-corrected chi connectivity index (χ1v) is 6.96. The standard InChI is InChI=1S/C11H19N3O2S/c1-9(2)14-17(15,16)13-8-11(12)10-6-4-3-5-7-10/h3-7,9,11,13-14H,8,12H2,1-2H3. The van der Waals surface area contributed by atoms with E-state index in [4.69, 9.17) is 5.73 Å². The predicted molar refractivity (Wildman–Crippen MR) is 68.6 cm³/mol. The molecule has 0 amide bonds. The van der Waals surface area contributed by atoms with E-state index in [1.54, 1.807) is 13.8 Å². The summed E-state index contributed by atoms with van der Waals surface area (Å²) in [4.78, 5) is 0. The van der Waals surface area contributed by atoms with Crippen molar-refractivity contribution in [1.29, 1.82) is 0 Å². The van der Waals surface area contributed by atoms with E-state index in [-0.39, 0.29) is 18.6 Å². The van der Waals surface area contributed by atoms with Gasteiger partial charge in [0.1, 0.15) is 0 Å². The van der Waals surface area contributed by atoms with Gasteiger partial charge in [-0.15, -0.1) is 0 Å². The summed E-state index contributed by atoms with van der Waals surface area (Å²) in [7, 11) is -3.46. The molecule has 0 spiro atoms. The quantitative estimate of drug-likeness (QED) is 0.694. The fourth-order valence-corrected chi connectivity index (χ4v) is 2.47. The highest BCUT2D eigenvalue weighted by Crippen LogP contribution is 2.08. The number of rotatable bonds is 6. The van der Waals surface area contributed by atoms with Gasteiger partial charge in [-0.1, -0.05) is 30.3 Å². The van der Waals surface area contributed by atoms with Gasteiger partial charge in [-0.2, -0.15) is 13.1 Å².